The fraction of sp³-hybridized carbons (Fsp3) is 0.545. The van der Waals surface area contributed by atoms with Gasteiger partial charge in [-0.25, -0.2) is 9.97 Å². The van der Waals surface area contributed by atoms with Gasteiger partial charge in [-0.3, -0.25) is 4.79 Å². The van der Waals surface area contributed by atoms with Crippen LogP contribution in [-0.2, 0) is 4.79 Å². The molecule has 92 valence electrons. The Morgan fingerprint density at radius 2 is 2.24 bits per heavy atom. The van der Waals surface area contributed by atoms with Gasteiger partial charge >= 0.3 is 0 Å². The van der Waals surface area contributed by atoms with Crippen LogP contribution in [0.5, 0.6) is 0 Å². The third kappa shape index (κ3) is 3.96. The second kappa shape index (κ2) is 5.44. The van der Waals surface area contributed by atoms with Gasteiger partial charge in [-0.2, -0.15) is 0 Å². The molecule has 1 saturated carbocycles. The molecule has 17 heavy (non-hydrogen) atoms. The Bertz CT molecular complexity index is 400. The summed E-state index contributed by atoms with van der Waals surface area (Å²) in [5, 5.41) is 6.03. The minimum absolute atomic E-state index is 0.173. The molecule has 6 heteroatoms. The topological polar surface area (TPSA) is 66.9 Å². The molecular formula is C11H15BrN4O. The standard InChI is InChI=1S/C11H15BrN4O/c1-7-15-9(12)6-10(16-7)13-4-5-14-11(17)8-2-3-8/h6,8H,2-5H2,1H3,(H,14,17)(H,13,15,16). The molecule has 2 N–H and O–H groups in total. The average Bonchev–Trinajstić information content (AvgIpc) is 3.06. The van der Waals surface area contributed by atoms with E-state index in [0.717, 1.165) is 23.3 Å². The summed E-state index contributed by atoms with van der Waals surface area (Å²) in [6.07, 6.45) is 2.08. The number of aryl methyl sites for hydroxylation is 1. The zero-order valence-electron chi connectivity index (χ0n) is 9.66. The lowest BCUT2D eigenvalue weighted by Gasteiger charge is -2.07. The third-order valence-electron chi connectivity index (χ3n) is 2.49. The van der Waals surface area contributed by atoms with Crippen LogP contribution in [0.4, 0.5) is 5.82 Å². The Balaban J connectivity index is 1.71. The van der Waals surface area contributed by atoms with Gasteiger partial charge in [-0.05, 0) is 35.7 Å². The van der Waals surface area contributed by atoms with Gasteiger partial charge in [-0.15, -0.1) is 0 Å². The molecule has 1 aliphatic rings. The van der Waals surface area contributed by atoms with Crippen molar-refractivity contribution in [2.45, 2.75) is 19.8 Å². The molecule has 1 aliphatic carbocycles. The molecule has 0 radical (unpaired) electrons. The quantitative estimate of drug-likeness (QED) is 0.638. The number of nitrogens with one attached hydrogen (secondary N) is 2. The van der Waals surface area contributed by atoms with Crippen molar-refractivity contribution >= 4 is 27.7 Å². The summed E-state index contributed by atoms with van der Waals surface area (Å²) in [5.41, 5.74) is 0. The molecule has 0 aromatic carbocycles. The zero-order valence-corrected chi connectivity index (χ0v) is 11.2. The smallest absolute Gasteiger partial charge is 0.223 e. The monoisotopic (exact) mass is 298 g/mol. The summed E-state index contributed by atoms with van der Waals surface area (Å²) in [7, 11) is 0. The number of halogens is 1. The summed E-state index contributed by atoms with van der Waals surface area (Å²) >= 11 is 3.31. The molecule has 0 atom stereocenters. The lowest BCUT2D eigenvalue weighted by molar-refractivity contribution is -0.122. The van der Waals surface area contributed by atoms with Crippen molar-refractivity contribution in [3.63, 3.8) is 0 Å². The van der Waals surface area contributed by atoms with Crippen LogP contribution >= 0.6 is 15.9 Å². The molecular weight excluding hydrogens is 284 g/mol. The van der Waals surface area contributed by atoms with Crippen LogP contribution in [0.2, 0.25) is 0 Å². The molecule has 1 fully saturated rings. The molecule has 1 amide bonds. The molecule has 1 aromatic heterocycles. The van der Waals surface area contributed by atoms with Gasteiger partial charge in [0.1, 0.15) is 16.2 Å². The Kier molecular flexibility index (Phi) is 3.93. The van der Waals surface area contributed by atoms with Crippen molar-refractivity contribution in [2.24, 2.45) is 5.92 Å². The lowest BCUT2D eigenvalue weighted by atomic mass is 10.4. The molecule has 0 bridgehead atoms. The highest BCUT2D eigenvalue weighted by Gasteiger charge is 2.28. The van der Waals surface area contributed by atoms with E-state index in [1.807, 2.05) is 13.0 Å². The number of rotatable bonds is 5. The number of hydrogen-bond donors (Lipinski definition) is 2. The van der Waals surface area contributed by atoms with Crippen LogP contribution in [0.3, 0.4) is 0 Å². The van der Waals surface area contributed by atoms with Crippen LogP contribution in [0.1, 0.15) is 18.7 Å². The fourth-order valence-corrected chi connectivity index (χ4v) is 1.96. The Hall–Kier alpha value is -1.17. The van der Waals surface area contributed by atoms with Crippen molar-refractivity contribution in [3.8, 4) is 0 Å². The highest BCUT2D eigenvalue weighted by molar-refractivity contribution is 9.10. The van der Waals surface area contributed by atoms with Crippen molar-refractivity contribution < 1.29 is 4.79 Å². The maximum atomic E-state index is 11.4. The summed E-state index contributed by atoms with van der Waals surface area (Å²) in [4.78, 5) is 19.7. The van der Waals surface area contributed by atoms with E-state index in [1.54, 1.807) is 0 Å². The van der Waals surface area contributed by atoms with E-state index in [9.17, 15) is 4.79 Å². The fourth-order valence-electron chi connectivity index (χ4n) is 1.49. The molecule has 0 unspecified atom stereocenters. The van der Waals surface area contributed by atoms with E-state index in [1.165, 1.54) is 0 Å². The van der Waals surface area contributed by atoms with Crippen molar-refractivity contribution in [1.82, 2.24) is 15.3 Å². The molecule has 0 aliphatic heterocycles. The summed E-state index contributed by atoms with van der Waals surface area (Å²) in [6, 6.07) is 1.82. The van der Waals surface area contributed by atoms with Gasteiger partial charge in [0.2, 0.25) is 5.91 Å². The van der Waals surface area contributed by atoms with E-state index in [2.05, 4.69) is 36.5 Å². The highest BCUT2D eigenvalue weighted by Crippen LogP contribution is 2.28. The first-order valence-corrected chi connectivity index (χ1v) is 6.47. The van der Waals surface area contributed by atoms with Gasteiger partial charge in [0.25, 0.3) is 0 Å². The predicted octanol–water partition coefficient (Wildman–Crippen LogP) is 1.49. The largest absolute Gasteiger partial charge is 0.368 e. The van der Waals surface area contributed by atoms with Gasteiger partial charge < -0.3 is 10.6 Å². The normalized spacial score (nSPS) is 14.5. The Morgan fingerprint density at radius 3 is 2.88 bits per heavy atom. The Labute approximate surface area is 109 Å². The first-order valence-electron chi connectivity index (χ1n) is 5.68. The predicted molar refractivity (Wildman–Crippen MR) is 68.7 cm³/mol. The van der Waals surface area contributed by atoms with E-state index in [-0.39, 0.29) is 11.8 Å². The van der Waals surface area contributed by atoms with E-state index < -0.39 is 0 Å². The van der Waals surface area contributed by atoms with Gasteiger partial charge in [-0.1, -0.05) is 0 Å². The number of aromatic nitrogens is 2. The van der Waals surface area contributed by atoms with Crippen LogP contribution in [0, 0.1) is 12.8 Å². The van der Waals surface area contributed by atoms with Gasteiger partial charge in [0.05, 0.1) is 0 Å². The van der Waals surface area contributed by atoms with Gasteiger partial charge in [0.15, 0.2) is 0 Å². The second-order valence-corrected chi connectivity index (χ2v) is 4.93. The summed E-state index contributed by atoms with van der Waals surface area (Å²) < 4.78 is 0.759. The maximum Gasteiger partial charge on any atom is 0.223 e. The number of hydrogen-bond acceptors (Lipinski definition) is 4. The number of amides is 1. The molecule has 1 aromatic rings. The number of carbonyl (C=O) groups is 1. The van der Waals surface area contributed by atoms with Crippen LogP contribution in [0.15, 0.2) is 10.7 Å². The second-order valence-electron chi connectivity index (χ2n) is 4.12. The summed E-state index contributed by atoms with van der Waals surface area (Å²) in [5.74, 6) is 1.92. The van der Waals surface area contributed by atoms with E-state index >= 15 is 0 Å². The molecule has 0 spiro atoms. The minimum atomic E-state index is 0.173. The maximum absolute atomic E-state index is 11.4. The van der Waals surface area contributed by atoms with E-state index in [4.69, 9.17) is 0 Å². The van der Waals surface area contributed by atoms with Crippen molar-refractivity contribution in [1.29, 1.82) is 0 Å². The van der Waals surface area contributed by atoms with Gasteiger partial charge in [0, 0.05) is 25.1 Å². The zero-order chi connectivity index (χ0) is 12.3. The first-order chi connectivity index (χ1) is 8.15. The third-order valence-corrected chi connectivity index (χ3v) is 2.89. The van der Waals surface area contributed by atoms with Crippen LogP contribution in [0.25, 0.3) is 0 Å². The first kappa shape index (κ1) is 12.3. The molecule has 0 saturated heterocycles. The molecule has 2 rings (SSSR count). The SMILES string of the molecule is Cc1nc(Br)cc(NCCNC(=O)C2CC2)n1. The number of carbonyl (C=O) groups excluding carboxylic acids is 1. The Morgan fingerprint density at radius 1 is 1.47 bits per heavy atom. The number of nitrogens with zero attached hydrogens (tertiary/aromatic N) is 2. The van der Waals surface area contributed by atoms with Crippen LogP contribution in [-0.4, -0.2) is 29.0 Å². The van der Waals surface area contributed by atoms with Crippen molar-refractivity contribution in [2.75, 3.05) is 18.4 Å². The highest BCUT2D eigenvalue weighted by atomic mass is 79.9. The van der Waals surface area contributed by atoms with Crippen molar-refractivity contribution in [3.05, 3.63) is 16.5 Å². The molecule has 5 nitrogen and oxygen atoms in total. The molecule has 1 heterocycles. The summed E-state index contributed by atoms with van der Waals surface area (Å²) in [6.45, 7) is 3.13. The minimum Gasteiger partial charge on any atom is -0.368 e. The van der Waals surface area contributed by atoms with E-state index in [0.29, 0.717) is 18.9 Å². The van der Waals surface area contributed by atoms with Crippen LogP contribution < -0.4 is 10.6 Å². The lowest BCUT2D eigenvalue weighted by Crippen LogP contribution is -2.29. The average molecular weight is 299 g/mol. The number of anilines is 1.